The smallest absolute Gasteiger partial charge is 0.0845 e. The van der Waals surface area contributed by atoms with Crippen molar-refractivity contribution in [3.05, 3.63) is 70.7 Å². The lowest BCUT2D eigenvalue weighted by Crippen LogP contribution is -2.40. The summed E-state index contributed by atoms with van der Waals surface area (Å²) in [5.74, 6) is 0.229. The van der Waals surface area contributed by atoms with E-state index in [0.717, 1.165) is 24.9 Å². The highest BCUT2D eigenvalue weighted by Gasteiger charge is 2.36. The van der Waals surface area contributed by atoms with Crippen molar-refractivity contribution >= 4 is 11.6 Å². The highest BCUT2D eigenvalue weighted by atomic mass is 35.5. The van der Waals surface area contributed by atoms with Gasteiger partial charge in [0.05, 0.1) is 11.5 Å². The van der Waals surface area contributed by atoms with Crippen molar-refractivity contribution in [3.8, 4) is 6.07 Å². The van der Waals surface area contributed by atoms with Gasteiger partial charge in [-0.1, -0.05) is 67.9 Å². The second kappa shape index (κ2) is 10.1. The van der Waals surface area contributed by atoms with Gasteiger partial charge in [-0.3, -0.25) is 4.90 Å². The molecular weight excluding hydrogens is 364 g/mol. The Kier molecular flexibility index (Phi) is 8.10. The maximum Gasteiger partial charge on any atom is 0.0845 e. The molecule has 2 unspecified atom stereocenters. The summed E-state index contributed by atoms with van der Waals surface area (Å²) in [6, 6.07) is 21.9. The Morgan fingerprint density at radius 3 is 2.07 bits per heavy atom. The molecule has 0 aromatic heterocycles. The molecule has 0 aliphatic heterocycles. The second-order valence-corrected chi connectivity index (χ2v) is 8.82. The number of halogens is 1. The zero-order chi connectivity index (χ0) is 20.7. The van der Waals surface area contributed by atoms with Gasteiger partial charge in [0.1, 0.15) is 0 Å². The lowest BCUT2D eigenvalue weighted by Gasteiger charge is -2.37. The van der Waals surface area contributed by atoms with Gasteiger partial charge in [-0.25, -0.2) is 0 Å². The van der Waals surface area contributed by atoms with E-state index in [-0.39, 0.29) is 5.92 Å². The SMILES string of the molecule is CC(C)N(Cc1ccccc1)C(C)CCC(C#N)(c1ccc(Cl)cc1)C(C)C. The summed E-state index contributed by atoms with van der Waals surface area (Å²) in [6.45, 7) is 12.0. The monoisotopic (exact) mass is 396 g/mol. The van der Waals surface area contributed by atoms with Crippen molar-refractivity contribution in [2.45, 2.75) is 71.5 Å². The molecule has 2 rings (SSSR count). The van der Waals surface area contributed by atoms with Crippen molar-refractivity contribution in [1.29, 1.82) is 5.26 Å². The number of nitrogens with zero attached hydrogens (tertiary/aromatic N) is 2. The van der Waals surface area contributed by atoms with Crippen LogP contribution in [0.3, 0.4) is 0 Å². The van der Waals surface area contributed by atoms with Crippen molar-refractivity contribution in [1.82, 2.24) is 4.90 Å². The van der Waals surface area contributed by atoms with Crippen LogP contribution in [-0.2, 0) is 12.0 Å². The first kappa shape index (κ1) is 22.5. The highest BCUT2D eigenvalue weighted by molar-refractivity contribution is 6.30. The molecule has 150 valence electrons. The van der Waals surface area contributed by atoms with Crippen LogP contribution in [0.1, 0.15) is 58.6 Å². The molecule has 2 nitrogen and oxygen atoms in total. The minimum absolute atomic E-state index is 0.229. The number of hydrogen-bond donors (Lipinski definition) is 0. The van der Waals surface area contributed by atoms with Crippen LogP contribution >= 0.6 is 11.6 Å². The molecule has 0 amide bonds. The normalized spacial score (nSPS) is 14.9. The van der Waals surface area contributed by atoms with E-state index in [2.05, 4.69) is 75.9 Å². The summed E-state index contributed by atoms with van der Waals surface area (Å²) in [4.78, 5) is 2.53. The molecule has 0 aliphatic carbocycles. The third-order valence-electron chi connectivity index (χ3n) is 5.94. The maximum atomic E-state index is 10.2. The summed E-state index contributed by atoms with van der Waals surface area (Å²) in [6.07, 6.45) is 1.81. The van der Waals surface area contributed by atoms with Crippen molar-refractivity contribution in [2.75, 3.05) is 0 Å². The van der Waals surface area contributed by atoms with Crippen LogP contribution in [0.5, 0.6) is 0 Å². The third-order valence-corrected chi connectivity index (χ3v) is 6.19. The predicted octanol–water partition coefficient (Wildman–Crippen LogP) is 6.84. The molecule has 0 radical (unpaired) electrons. The molecule has 0 aliphatic rings. The van der Waals surface area contributed by atoms with Crippen LogP contribution in [0.4, 0.5) is 0 Å². The van der Waals surface area contributed by atoms with Crippen molar-refractivity contribution in [3.63, 3.8) is 0 Å². The fourth-order valence-corrected chi connectivity index (χ4v) is 4.13. The van der Waals surface area contributed by atoms with E-state index < -0.39 is 5.41 Å². The van der Waals surface area contributed by atoms with E-state index in [1.807, 2.05) is 24.3 Å². The molecule has 0 saturated heterocycles. The molecule has 0 bridgehead atoms. The zero-order valence-electron chi connectivity index (χ0n) is 17.8. The van der Waals surface area contributed by atoms with E-state index in [9.17, 15) is 5.26 Å². The molecule has 2 aromatic rings. The summed E-state index contributed by atoms with van der Waals surface area (Å²) >= 11 is 6.08. The fraction of sp³-hybridized carbons (Fsp3) is 0.480. The molecule has 0 N–H and O–H groups in total. The summed E-state index contributed by atoms with van der Waals surface area (Å²) in [5, 5.41) is 10.9. The number of rotatable bonds is 9. The Morgan fingerprint density at radius 1 is 0.964 bits per heavy atom. The van der Waals surface area contributed by atoms with Gasteiger partial charge in [-0.2, -0.15) is 5.26 Å². The third kappa shape index (κ3) is 5.37. The van der Waals surface area contributed by atoms with E-state index in [4.69, 9.17) is 11.6 Å². The van der Waals surface area contributed by atoms with Gasteiger partial charge in [0, 0.05) is 23.7 Å². The number of benzene rings is 2. The lowest BCUT2D eigenvalue weighted by molar-refractivity contribution is 0.138. The average molecular weight is 397 g/mol. The fourth-order valence-electron chi connectivity index (χ4n) is 4.01. The van der Waals surface area contributed by atoms with Crippen LogP contribution in [0.25, 0.3) is 0 Å². The molecule has 2 aromatic carbocycles. The molecule has 0 fully saturated rings. The largest absolute Gasteiger partial charge is 0.294 e. The second-order valence-electron chi connectivity index (χ2n) is 8.38. The molecule has 0 saturated carbocycles. The number of hydrogen-bond acceptors (Lipinski definition) is 2. The number of nitriles is 1. The first-order chi connectivity index (χ1) is 13.3. The van der Waals surface area contributed by atoms with Crippen LogP contribution < -0.4 is 0 Å². The predicted molar refractivity (Wildman–Crippen MR) is 119 cm³/mol. The summed E-state index contributed by atoms with van der Waals surface area (Å²) in [5.41, 5.74) is 1.91. The Hall–Kier alpha value is -1.82. The molecule has 0 spiro atoms. The summed E-state index contributed by atoms with van der Waals surface area (Å²) in [7, 11) is 0. The first-order valence-corrected chi connectivity index (χ1v) is 10.6. The van der Waals surface area contributed by atoms with E-state index in [1.165, 1.54) is 5.56 Å². The van der Waals surface area contributed by atoms with Gasteiger partial charge in [-0.15, -0.1) is 0 Å². The quantitative estimate of drug-likeness (QED) is 0.464. The topological polar surface area (TPSA) is 27.0 Å². The minimum atomic E-state index is -0.492. The van der Waals surface area contributed by atoms with Gasteiger partial charge in [-0.05, 0) is 62.8 Å². The van der Waals surface area contributed by atoms with Crippen molar-refractivity contribution < 1.29 is 0 Å². The van der Waals surface area contributed by atoms with Crippen LogP contribution in [-0.4, -0.2) is 17.0 Å². The van der Waals surface area contributed by atoms with Gasteiger partial charge in [0.25, 0.3) is 0 Å². The average Bonchev–Trinajstić information content (AvgIpc) is 2.68. The van der Waals surface area contributed by atoms with Gasteiger partial charge >= 0.3 is 0 Å². The van der Waals surface area contributed by atoms with Crippen LogP contribution in [0.15, 0.2) is 54.6 Å². The van der Waals surface area contributed by atoms with Crippen LogP contribution in [0.2, 0.25) is 5.02 Å². The van der Waals surface area contributed by atoms with E-state index in [1.54, 1.807) is 0 Å². The molecule has 2 atom stereocenters. The van der Waals surface area contributed by atoms with E-state index in [0.29, 0.717) is 17.1 Å². The molecule has 0 heterocycles. The Balaban J connectivity index is 2.18. The van der Waals surface area contributed by atoms with Gasteiger partial charge in [0.2, 0.25) is 0 Å². The van der Waals surface area contributed by atoms with Gasteiger partial charge < -0.3 is 0 Å². The lowest BCUT2D eigenvalue weighted by atomic mass is 9.69. The maximum absolute atomic E-state index is 10.2. The van der Waals surface area contributed by atoms with E-state index >= 15 is 0 Å². The Labute approximate surface area is 176 Å². The first-order valence-electron chi connectivity index (χ1n) is 10.3. The molecular formula is C25H33ClN2. The Bertz CT molecular complexity index is 761. The highest BCUT2D eigenvalue weighted by Crippen LogP contribution is 2.38. The van der Waals surface area contributed by atoms with Crippen LogP contribution in [0, 0.1) is 17.2 Å². The Morgan fingerprint density at radius 2 is 1.57 bits per heavy atom. The standard InChI is InChI=1S/C25H33ClN2/c1-19(2)25(18-27,23-11-13-24(26)14-12-23)16-15-21(5)28(20(3)4)17-22-9-7-6-8-10-22/h6-14,19-21H,15-17H2,1-5H3. The summed E-state index contributed by atoms with van der Waals surface area (Å²) < 4.78 is 0. The zero-order valence-corrected chi connectivity index (χ0v) is 18.6. The van der Waals surface area contributed by atoms with Crippen molar-refractivity contribution in [2.24, 2.45) is 5.92 Å². The molecule has 3 heteroatoms. The van der Waals surface area contributed by atoms with Gasteiger partial charge in [0.15, 0.2) is 0 Å². The minimum Gasteiger partial charge on any atom is -0.294 e. The molecule has 28 heavy (non-hydrogen) atoms.